The van der Waals surface area contributed by atoms with E-state index in [1.165, 1.54) is 31.2 Å². The lowest BCUT2D eigenvalue weighted by Gasteiger charge is -2.11. The van der Waals surface area contributed by atoms with Crippen LogP contribution in [0.4, 0.5) is 0 Å². The molecular formula is C14H19N3O. The fourth-order valence-corrected chi connectivity index (χ4v) is 2.79. The van der Waals surface area contributed by atoms with Crippen LogP contribution in [0.25, 0.3) is 11.0 Å². The third kappa shape index (κ3) is 2.48. The predicted molar refractivity (Wildman–Crippen MR) is 72.9 cm³/mol. The fraction of sp³-hybridized carbons (Fsp3) is 0.500. The number of hydrogen-bond donors (Lipinski definition) is 3. The first-order valence-electron chi connectivity index (χ1n) is 6.75. The van der Waals surface area contributed by atoms with Crippen LogP contribution in [-0.4, -0.2) is 22.6 Å². The number of nitrogens with one attached hydrogen (secondary N) is 3. The second-order valence-corrected chi connectivity index (χ2v) is 5.14. The number of imidazole rings is 1. The fourth-order valence-electron chi connectivity index (χ4n) is 2.79. The summed E-state index contributed by atoms with van der Waals surface area (Å²) in [6.07, 6.45) is 6.40. The summed E-state index contributed by atoms with van der Waals surface area (Å²) in [6.45, 7) is 1.02. The maximum absolute atomic E-state index is 11.2. The molecule has 1 fully saturated rings. The van der Waals surface area contributed by atoms with Crippen molar-refractivity contribution in [3.8, 4) is 0 Å². The lowest BCUT2D eigenvalue weighted by molar-refractivity contribution is 0.528. The summed E-state index contributed by atoms with van der Waals surface area (Å²) >= 11 is 0. The van der Waals surface area contributed by atoms with Crippen LogP contribution in [0.1, 0.15) is 31.2 Å². The van der Waals surface area contributed by atoms with Crippen molar-refractivity contribution in [1.29, 1.82) is 0 Å². The molecular weight excluding hydrogens is 226 g/mol. The van der Waals surface area contributed by atoms with E-state index in [0.717, 1.165) is 30.0 Å². The Morgan fingerprint density at radius 1 is 1.17 bits per heavy atom. The lowest BCUT2D eigenvalue weighted by atomic mass is 10.1. The van der Waals surface area contributed by atoms with Crippen molar-refractivity contribution >= 4 is 11.0 Å². The Kier molecular flexibility index (Phi) is 3.19. The summed E-state index contributed by atoms with van der Waals surface area (Å²) in [6, 6.07) is 6.84. The molecule has 0 atom stereocenters. The van der Waals surface area contributed by atoms with E-state index in [1.54, 1.807) is 0 Å². The second kappa shape index (κ2) is 4.98. The number of benzene rings is 1. The summed E-state index contributed by atoms with van der Waals surface area (Å²) in [4.78, 5) is 16.7. The number of fused-ring (bicyclic) bond motifs is 1. The minimum Gasteiger partial charge on any atom is -0.314 e. The zero-order valence-electron chi connectivity index (χ0n) is 10.5. The number of aromatic amines is 2. The van der Waals surface area contributed by atoms with Gasteiger partial charge < -0.3 is 15.3 Å². The van der Waals surface area contributed by atoms with Crippen molar-refractivity contribution in [2.75, 3.05) is 6.54 Å². The maximum Gasteiger partial charge on any atom is 0.323 e. The van der Waals surface area contributed by atoms with Crippen LogP contribution < -0.4 is 11.0 Å². The van der Waals surface area contributed by atoms with Crippen LogP contribution in [0.2, 0.25) is 0 Å². The number of rotatable bonds is 4. The Morgan fingerprint density at radius 3 is 2.78 bits per heavy atom. The zero-order valence-corrected chi connectivity index (χ0v) is 10.5. The third-order valence-corrected chi connectivity index (χ3v) is 3.78. The highest BCUT2D eigenvalue weighted by molar-refractivity contribution is 5.74. The highest BCUT2D eigenvalue weighted by Crippen LogP contribution is 2.17. The highest BCUT2D eigenvalue weighted by Gasteiger charge is 2.13. The molecule has 1 aliphatic carbocycles. The van der Waals surface area contributed by atoms with E-state index in [9.17, 15) is 4.79 Å². The predicted octanol–water partition coefficient (Wildman–Crippen LogP) is 1.93. The molecule has 0 radical (unpaired) electrons. The summed E-state index contributed by atoms with van der Waals surface area (Å²) in [5, 5.41) is 3.60. The molecule has 0 unspecified atom stereocenters. The van der Waals surface area contributed by atoms with Crippen LogP contribution in [0.3, 0.4) is 0 Å². The van der Waals surface area contributed by atoms with Gasteiger partial charge in [-0.05, 0) is 43.5 Å². The minimum atomic E-state index is -0.133. The van der Waals surface area contributed by atoms with Gasteiger partial charge in [-0.3, -0.25) is 0 Å². The van der Waals surface area contributed by atoms with Crippen LogP contribution in [-0.2, 0) is 6.42 Å². The summed E-state index contributed by atoms with van der Waals surface area (Å²) in [5.74, 6) is 0. The van der Waals surface area contributed by atoms with Crippen molar-refractivity contribution < 1.29 is 0 Å². The standard InChI is InChI=1S/C14H19N3O/c18-14-16-12-6-5-10(9-13(12)17-14)7-8-15-11-3-1-2-4-11/h5-6,9,11,15H,1-4,7-8H2,(H2,16,17,18). The maximum atomic E-state index is 11.2. The summed E-state index contributed by atoms with van der Waals surface area (Å²) < 4.78 is 0. The Balaban J connectivity index is 1.61. The molecule has 1 aromatic carbocycles. The molecule has 1 aromatic heterocycles. The SMILES string of the molecule is O=c1[nH]c2ccc(CCNC3CCCC3)cc2[nH]1. The van der Waals surface area contributed by atoms with E-state index in [0.29, 0.717) is 0 Å². The first-order chi connectivity index (χ1) is 8.81. The molecule has 96 valence electrons. The first-order valence-corrected chi connectivity index (χ1v) is 6.75. The van der Waals surface area contributed by atoms with E-state index in [2.05, 4.69) is 27.4 Å². The number of H-pyrrole nitrogens is 2. The Morgan fingerprint density at radius 2 is 1.94 bits per heavy atom. The van der Waals surface area contributed by atoms with Gasteiger partial charge >= 0.3 is 5.69 Å². The van der Waals surface area contributed by atoms with Gasteiger partial charge in [-0.25, -0.2) is 4.79 Å². The van der Waals surface area contributed by atoms with Gasteiger partial charge in [0, 0.05) is 6.04 Å². The van der Waals surface area contributed by atoms with Crippen molar-refractivity contribution in [2.45, 2.75) is 38.1 Å². The lowest BCUT2D eigenvalue weighted by Crippen LogP contribution is -2.27. The highest BCUT2D eigenvalue weighted by atomic mass is 16.1. The topological polar surface area (TPSA) is 60.7 Å². The van der Waals surface area contributed by atoms with Gasteiger partial charge in [-0.1, -0.05) is 18.9 Å². The molecule has 1 heterocycles. The van der Waals surface area contributed by atoms with Gasteiger partial charge in [-0.2, -0.15) is 0 Å². The van der Waals surface area contributed by atoms with Gasteiger partial charge in [0.1, 0.15) is 0 Å². The smallest absolute Gasteiger partial charge is 0.314 e. The van der Waals surface area contributed by atoms with Crippen LogP contribution in [0, 0.1) is 0 Å². The monoisotopic (exact) mass is 245 g/mol. The molecule has 3 N–H and O–H groups in total. The van der Waals surface area contributed by atoms with Crippen LogP contribution in [0.5, 0.6) is 0 Å². The molecule has 4 heteroatoms. The zero-order chi connectivity index (χ0) is 12.4. The van der Waals surface area contributed by atoms with Crippen molar-refractivity contribution in [2.24, 2.45) is 0 Å². The van der Waals surface area contributed by atoms with Gasteiger partial charge in [0.05, 0.1) is 11.0 Å². The molecule has 1 saturated carbocycles. The molecule has 0 saturated heterocycles. The average Bonchev–Trinajstić information content (AvgIpc) is 2.96. The molecule has 2 aromatic rings. The van der Waals surface area contributed by atoms with Crippen molar-refractivity contribution in [3.63, 3.8) is 0 Å². The van der Waals surface area contributed by atoms with E-state index >= 15 is 0 Å². The Hall–Kier alpha value is -1.55. The number of aromatic nitrogens is 2. The largest absolute Gasteiger partial charge is 0.323 e. The molecule has 1 aliphatic rings. The third-order valence-electron chi connectivity index (χ3n) is 3.78. The molecule has 0 amide bonds. The van der Waals surface area contributed by atoms with E-state index in [1.807, 2.05) is 6.07 Å². The molecule has 0 aliphatic heterocycles. The van der Waals surface area contributed by atoms with E-state index in [4.69, 9.17) is 0 Å². The molecule has 0 spiro atoms. The Labute approximate surface area is 106 Å². The van der Waals surface area contributed by atoms with Crippen LogP contribution >= 0.6 is 0 Å². The second-order valence-electron chi connectivity index (χ2n) is 5.14. The number of hydrogen-bond acceptors (Lipinski definition) is 2. The summed E-state index contributed by atoms with van der Waals surface area (Å²) in [7, 11) is 0. The molecule has 0 bridgehead atoms. The van der Waals surface area contributed by atoms with Crippen molar-refractivity contribution in [3.05, 3.63) is 34.2 Å². The van der Waals surface area contributed by atoms with Gasteiger partial charge in [0.15, 0.2) is 0 Å². The average molecular weight is 245 g/mol. The van der Waals surface area contributed by atoms with Crippen LogP contribution in [0.15, 0.2) is 23.0 Å². The Bertz CT molecular complexity index is 578. The molecule has 4 nitrogen and oxygen atoms in total. The molecule has 3 rings (SSSR count). The van der Waals surface area contributed by atoms with E-state index in [-0.39, 0.29) is 5.69 Å². The van der Waals surface area contributed by atoms with E-state index < -0.39 is 0 Å². The van der Waals surface area contributed by atoms with Gasteiger partial charge in [-0.15, -0.1) is 0 Å². The minimum absolute atomic E-state index is 0.133. The van der Waals surface area contributed by atoms with Gasteiger partial charge in [0.25, 0.3) is 0 Å². The van der Waals surface area contributed by atoms with Gasteiger partial charge in [0.2, 0.25) is 0 Å². The first kappa shape index (κ1) is 11.5. The quantitative estimate of drug-likeness (QED) is 0.771. The summed E-state index contributed by atoms with van der Waals surface area (Å²) in [5.41, 5.74) is 2.92. The van der Waals surface area contributed by atoms with Crippen molar-refractivity contribution in [1.82, 2.24) is 15.3 Å². The molecule has 18 heavy (non-hydrogen) atoms. The normalized spacial score (nSPS) is 16.7.